The lowest BCUT2D eigenvalue weighted by Gasteiger charge is -2.15. The molecule has 160 valence electrons. The average molecular weight is 426 g/mol. The van der Waals surface area contributed by atoms with Crippen molar-refractivity contribution in [2.75, 3.05) is 24.7 Å². The first-order valence-corrected chi connectivity index (χ1v) is 9.35. The van der Waals surface area contributed by atoms with Gasteiger partial charge in [-0.05, 0) is 25.8 Å². The SMILES string of the molecule is [2H]C([2H])([2H])NC(=O)c1nnc(NC(=O)C2CC2)cc1Nc1nccc(-n2ncc(C)n2)c1OC. The van der Waals surface area contributed by atoms with Crippen LogP contribution < -0.4 is 20.7 Å². The van der Waals surface area contributed by atoms with Crippen molar-refractivity contribution in [1.29, 1.82) is 0 Å². The third-order valence-corrected chi connectivity index (χ3v) is 4.48. The second-order valence-corrected chi connectivity index (χ2v) is 6.82. The molecule has 3 heterocycles. The number of nitrogens with one attached hydrogen (secondary N) is 3. The van der Waals surface area contributed by atoms with Crippen LogP contribution in [0.5, 0.6) is 5.75 Å². The largest absolute Gasteiger partial charge is 0.491 e. The molecule has 0 saturated heterocycles. The van der Waals surface area contributed by atoms with E-state index in [2.05, 4.69) is 36.0 Å². The first-order chi connectivity index (χ1) is 16.1. The molecule has 1 aliphatic carbocycles. The Morgan fingerprint density at radius 2 is 2.16 bits per heavy atom. The van der Waals surface area contributed by atoms with E-state index in [0.717, 1.165) is 12.8 Å². The Morgan fingerprint density at radius 3 is 2.84 bits per heavy atom. The molecule has 0 spiro atoms. The van der Waals surface area contributed by atoms with Crippen LogP contribution in [0.4, 0.5) is 17.3 Å². The Kier molecular flexibility index (Phi) is 4.49. The molecule has 1 saturated carbocycles. The number of hydrogen-bond acceptors (Lipinski definition) is 9. The van der Waals surface area contributed by atoms with Gasteiger partial charge in [0.05, 0.1) is 24.7 Å². The van der Waals surface area contributed by atoms with E-state index in [1.807, 2.05) is 5.32 Å². The third kappa shape index (κ3) is 4.27. The lowest BCUT2D eigenvalue weighted by Crippen LogP contribution is -2.22. The van der Waals surface area contributed by atoms with Gasteiger partial charge in [0.2, 0.25) is 5.91 Å². The summed E-state index contributed by atoms with van der Waals surface area (Å²) in [5.41, 5.74) is 0.885. The molecule has 0 bridgehead atoms. The van der Waals surface area contributed by atoms with E-state index in [1.54, 1.807) is 19.2 Å². The van der Waals surface area contributed by atoms with E-state index in [-0.39, 0.29) is 40.6 Å². The van der Waals surface area contributed by atoms with Gasteiger partial charge >= 0.3 is 0 Å². The predicted molar refractivity (Wildman–Crippen MR) is 111 cm³/mol. The van der Waals surface area contributed by atoms with Crippen LogP contribution in [-0.2, 0) is 4.79 Å². The van der Waals surface area contributed by atoms with Gasteiger partial charge in [-0.2, -0.15) is 10.2 Å². The number of pyridine rings is 1. The molecule has 2 amide bonds. The van der Waals surface area contributed by atoms with Crippen LogP contribution >= 0.6 is 0 Å². The molecule has 1 aliphatic rings. The van der Waals surface area contributed by atoms with Crippen molar-refractivity contribution in [2.24, 2.45) is 5.92 Å². The van der Waals surface area contributed by atoms with E-state index in [4.69, 9.17) is 8.85 Å². The molecule has 0 unspecified atom stereocenters. The van der Waals surface area contributed by atoms with Crippen LogP contribution in [0.3, 0.4) is 0 Å². The summed E-state index contributed by atoms with van der Waals surface area (Å²) >= 11 is 0. The number of rotatable bonds is 7. The van der Waals surface area contributed by atoms with Gasteiger partial charge in [-0.1, -0.05) is 0 Å². The van der Waals surface area contributed by atoms with Crippen LogP contribution in [0.2, 0.25) is 0 Å². The van der Waals surface area contributed by atoms with Crippen LogP contribution in [0, 0.1) is 12.8 Å². The number of carbonyl (C=O) groups excluding carboxylic acids is 2. The average Bonchev–Trinajstić information content (AvgIpc) is 3.53. The van der Waals surface area contributed by atoms with Crippen molar-refractivity contribution in [3.05, 3.63) is 35.9 Å². The summed E-state index contributed by atoms with van der Waals surface area (Å²) in [5, 5.41) is 23.6. The fourth-order valence-corrected chi connectivity index (χ4v) is 2.82. The molecule has 0 aliphatic heterocycles. The molecule has 31 heavy (non-hydrogen) atoms. The molecular weight excluding hydrogens is 402 g/mol. The quantitative estimate of drug-likeness (QED) is 0.507. The minimum absolute atomic E-state index is 0.0513. The lowest BCUT2D eigenvalue weighted by molar-refractivity contribution is -0.117. The number of carbonyl (C=O) groups is 2. The highest BCUT2D eigenvalue weighted by molar-refractivity contribution is 5.99. The Balaban J connectivity index is 1.72. The summed E-state index contributed by atoms with van der Waals surface area (Å²) in [4.78, 5) is 30.4. The molecule has 0 radical (unpaired) electrons. The van der Waals surface area contributed by atoms with E-state index >= 15 is 0 Å². The zero-order chi connectivity index (χ0) is 24.5. The zero-order valence-corrected chi connectivity index (χ0v) is 16.7. The second kappa shape index (κ2) is 8.34. The van der Waals surface area contributed by atoms with Crippen molar-refractivity contribution < 1.29 is 18.4 Å². The molecule has 12 nitrogen and oxygen atoms in total. The minimum Gasteiger partial charge on any atom is -0.491 e. The molecule has 0 aromatic carbocycles. The maximum Gasteiger partial charge on any atom is 0.273 e. The van der Waals surface area contributed by atoms with Crippen molar-refractivity contribution in [3.63, 3.8) is 0 Å². The number of ether oxygens (including phenoxy) is 1. The van der Waals surface area contributed by atoms with Gasteiger partial charge in [0.1, 0.15) is 5.69 Å². The molecule has 3 aromatic rings. The summed E-state index contributed by atoms with van der Waals surface area (Å²) in [6.45, 7) is -0.958. The van der Waals surface area contributed by atoms with Gasteiger partial charge in [-0.3, -0.25) is 9.59 Å². The Labute approximate surface area is 181 Å². The second-order valence-electron chi connectivity index (χ2n) is 6.82. The number of anilines is 3. The minimum atomic E-state index is -2.74. The Hall–Kier alpha value is -4.09. The summed E-state index contributed by atoms with van der Waals surface area (Å²) in [6, 6.07) is 3.00. The summed E-state index contributed by atoms with van der Waals surface area (Å²) < 4.78 is 27.4. The van der Waals surface area contributed by atoms with Gasteiger partial charge in [0.15, 0.2) is 23.1 Å². The fourth-order valence-electron chi connectivity index (χ4n) is 2.82. The van der Waals surface area contributed by atoms with Gasteiger partial charge < -0.3 is 20.7 Å². The molecule has 3 aromatic heterocycles. The van der Waals surface area contributed by atoms with Crippen LogP contribution in [0.15, 0.2) is 24.5 Å². The van der Waals surface area contributed by atoms with Crippen molar-refractivity contribution in [2.45, 2.75) is 19.8 Å². The number of methoxy groups -OCH3 is 1. The lowest BCUT2D eigenvalue weighted by atomic mass is 10.2. The highest BCUT2D eigenvalue weighted by Gasteiger charge is 2.30. The zero-order valence-electron chi connectivity index (χ0n) is 19.7. The standard InChI is InChI=1S/C19H21N9O3/c1-10-9-22-28(27-10)13-6-7-21-17(16(13)31-3)23-12-8-14(24-18(29)11-4-5-11)25-26-15(12)19(30)20-2/h6-9,11H,4-5H2,1-3H3,(H,20,30)(H2,21,23,24,25,29)/i2D3. The molecular formula is C19H21N9O3. The highest BCUT2D eigenvalue weighted by atomic mass is 16.5. The third-order valence-electron chi connectivity index (χ3n) is 4.48. The van der Waals surface area contributed by atoms with E-state index in [0.29, 0.717) is 11.4 Å². The van der Waals surface area contributed by atoms with Gasteiger partial charge in [-0.25, -0.2) is 4.98 Å². The maximum atomic E-state index is 12.6. The van der Waals surface area contributed by atoms with Crippen LogP contribution in [0.1, 0.15) is 33.1 Å². The summed E-state index contributed by atoms with van der Waals surface area (Å²) in [6.07, 6.45) is 4.63. The molecule has 0 atom stereocenters. The van der Waals surface area contributed by atoms with E-state index in [9.17, 15) is 9.59 Å². The fraction of sp³-hybridized carbons (Fsp3) is 0.316. The first kappa shape index (κ1) is 16.7. The van der Waals surface area contributed by atoms with Crippen molar-refractivity contribution in [3.8, 4) is 11.4 Å². The molecule has 1 fully saturated rings. The molecule has 4 rings (SSSR count). The number of hydrogen-bond donors (Lipinski definition) is 3. The Morgan fingerprint density at radius 1 is 1.32 bits per heavy atom. The number of nitrogens with zero attached hydrogens (tertiary/aromatic N) is 6. The predicted octanol–water partition coefficient (Wildman–Crippen LogP) is 1.22. The van der Waals surface area contributed by atoms with Crippen molar-refractivity contribution >= 4 is 29.1 Å². The maximum absolute atomic E-state index is 12.6. The smallest absolute Gasteiger partial charge is 0.273 e. The van der Waals surface area contributed by atoms with Gasteiger partial charge in [-0.15, -0.1) is 15.0 Å². The summed E-state index contributed by atoms with van der Waals surface area (Å²) in [5.74, 6) is -0.775. The van der Waals surface area contributed by atoms with Gasteiger partial charge in [0, 0.05) is 29.3 Å². The van der Waals surface area contributed by atoms with Gasteiger partial charge in [0.25, 0.3) is 5.91 Å². The topological polar surface area (TPSA) is 149 Å². The normalized spacial score (nSPS) is 14.7. The highest BCUT2D eigenvalue weighted by Crippen LogP contribution is 2.33. The van der Waals surface area contributed by atoms with Crippen LogP contribution in [-0.4, -0.2) is 56.1 Å². The monoisotopic (exact) mass is 426 g/mol. The Bertz CT molecular complexity index is 1240. The molecule has 12 heteroatoms. The van der Waals surface area contributed by atoms with Crippen molar-refractivity contribution in [1.82, 2.24) is 35.5 Å². The first-order valence-electron chi connectivity index (χ1n) is 10.8. The summed E-state index contributed by atoms with van der Waals surface area (Å²) in [7, 11) is 1.43. The number of aryl methyl sites for hydroxylation is 1. The molecule has 3 N–H and O–H groups in total. The number of aromatic nitrogens is 6. The number of amides is 2. The van der Waals surface area contributed by atoms with Crippen LogP contribution in [0.25, 0.3) is 5.69 Å². The van der Waals surface area contributed by atoms with E-state index in [1.165, 1.54) is 24.2 Å². The van der Waals surface area contributed by atoms with E-state index < -0.39 is 12.9 Å².